The standard InChI is InChI=1S/C31H28F3N3O2S.C2H6.CH2O2/c1-4-6-17-7-5-8-21-27(17)38-14-12-31(21,2)23-16-36-30(37-23)20-15-18(9-10-22(20)32)39-28-25(34)24(33)26-19(11-13-35-26)29(28)40-3;1-2;2-1-3/h5,7-11,13,15-16,35H,4,6,12,14H2,1-3H3,(H,36,37);1-2H3;1H,(H,2,3)/t31-;;/m0../s1. The Bertz CT molecular complexity index is 1790. The number of aromatic nitrogens is 3. The third-order valence-corrected chi connectivity index (χ3v) is 8.47. The van der Waals surface area contributed by atoms with Crippen molar-refractivity contribution in [1.29, 1.82) is 0 Å². The highest BCUT2D eigenvalue weighted by Crippen LogP contribution is 2.46. The Balaban J connectivity index is 0.000000871. The van der Waals surface area contributed by atoms with Gasteiger partial charge in [-0.05, 0) is 55.9 Å². The number of carboxylic acid groups (broad SMARTS) is 1. The molecule has 3 N–H and O–H groups in total. The van der Waals surface area contributed by atoms with Crippen molar-refractivity contribution in [2.45, 2.75) is 57.3 Å². The van der Waals surface area contributed by atoms with Gasteiger partial charge in [-0.3, -0.25) is 4.79 Å². The van der Waals surface area contributed by atoms with Crippen molar-refractivity contribution in [3.63, 3.8) is 0 Å². The highest BCUT2D eigenvalue weighted by molar-refractivity contribution is 7.99. The fraction of sp³-hybridized carbons (Fsp3) is 0.294. The number of para-hydroxylation sites is 1. The average Bonchev–Trinajstić information content (AvgIpc) is 3.74. The van der Waals surface area contributed by atoms with Crippen LogP contribution in [-0.4, -0.2) is 39.4 Å². The van der Waals surface area contributed by atoms with Gasteiger partial charge >= 0.3 is 0 Å². The van der Waals surface area contributed by atoms with Crippen molar-refractivity contribution in [3.8, 4) is 28.6 Å². The monoisotopic (exact) mass is 639 g/mol. The molecule has 0 aliphatic carbocycles. The first-order valence-electron chi connectivity index (χ1n) is 14.7. The van der Waals surface area contributed by atoms with Gasteiger partial charge in [-0.2, -0.15) is 4.39 Å². The van der Waals surface area contributed by atoms with Gasteiger partial charge in [0.2, 0.25) is 5.82 Å². The molecule has 0 saturated heterocycles. The third kappa shape index (κ3) is 6.40. The summed E-state index contributed by atoms with van der Waals surface area (Å²) in [6.07, 6.45) is 7.69. The van der Waals surface area contributed by atoms with E-state index in [4.69, 9.17) is 19.4 Å². The Morgan fingerprint density at radius 1 is 1.16 bits per heavy atom. The first kappa shape index (κ1) is 33.5. The minimum Gasteiger partial charge on any atom is -0.493 e. The summed E-state index contributed by atoms with van der Waals surface area (Å²) in [6, 6.07) is 11.9. The number of hydrogen-bond donors (Lipinski definition) is 3. The first-order chi connectivity index (χ1) is 21.8. The number of halogens is 3. The third-order valence-electron chi connectivity index (χ3n) is 7.66. The molecule has 0 unspecified atom stereocenters. The number of thioether (sulfide) groups is 1. The summed E-state index contributed by atoms with van der Waals surface area (Å²) in [4.78, 5) is 19.4. The van der Waals surface area contributed by atoms with Crippen LogP contribution in [0.4, 0.5) is 13.2 Å². The van der Waals surface area contributed by atoms with E-state index in [0.29, 0.717) is 22.7 Å². The second-order valence-electron chi connectivity index (χ2n) is 10.2. The van der Waals surface area contributed by atoms with Crippen LogP contribution in [0, 0.1) is 17.5 Å². The lowest BCUT2D eigenvalue weighted by atomic mass is 9.74. The first-order valence-corrected chi connectivity index (χ1v) is 15.9. The van der Waals surface area contributed by atoms with Gasteiger partial charge in [0.15, 0.2) is 11.6 Å². The summed E-state index contributed by atoms with van der Waals surface area (Å²) in [5.41, 5.74) is 2.90. The molecular formula is C34H36F3N3O4S. The van der Waals surface area contributed by atoms with E-state index in [9.17, 15) is 4.39 Å². The Morgan fingerprint density at radius 3 is 2.62 bits per heavy atom. The van der Waals surface area contributed by atoms with E-state index in [1.807, 2.05) is 19.9 Å². The lowest BCUT2D eigenvalue weighted by Gasteiger charge is -2.36. The van der Waals surface area contributed by atoms with Crippen LogP contribution >= 0.6 is 11.8 Å². The van der Waals surface area contributed by atoms with E-state index in [0.717, 1.165) is 36.3 Å². The number of nitrogens with one attached hydrogen (secondary N) is 2. The molecule has 2 aromatic heterocycles. The number of carbonyl (C=O) groups is 1. The second kappa shape index (κ2) is 14.6. The summed E-state index contributed by atoms with van der Waals surface area (Å²) in [6.45, 7) is 8.58. The van der Waals surface area contributed by atoms with Gasteiger partial charge in [0, 0.05) is 34.5 Å². The summed E-state index contributed by atoms with van der Waals surface area (Å²) in [5.74, 6) is -1.52. The molecule has 1 aliphatic heterocycles. The molecule has 5 aromatic rings. The Hall–Kier alpha value is -4.38. The van der Waals surface area contributed by atoms with E-state index >= 15 is 8.78 Å². The smallest absolute Gasteiger partial charge is 0.290 e. The van der Waals surface area contributed by atoms with Crippen molar-refractivity contribution in [1.82, 2.24) is 15.0 Å². The molecule has 1 atom stereocenters. The summed E-state index contributed by atoms with van der Waals surface area (Å²) >= 11 is 1.24. The second-order valence-corrected chi connectivity index (χ2v) is 11.0. The van der Waals surface area contributed by atoms with Crippen LogP contribution in [0.1, 0.15) is 57.4 Å². The molecule has 3 aromatic carbocycles. The number of rotatable bonds is 7. The van der Waals surface area contributed by atoms with Crippen LogP contribution in [0.15, 0.2) is 59.8 Å². The number of aromatic amines is 2. The number of ether oxygens (including phenoxy) is 2. The number of fused-ring (bicyclic) bond motifs is 2. The largest absolute Gasteiger partial charge is 0.493 e. The highest BCUT2D eigenvalue weighted by atomic mass is 32.2. The number of benzene rings is 3. The zero-order valence-electron chi connectivity index (χ0n) is 25.8. The molecule has 11 heteroatoms. The minimum atomic E-state index is -1.11. The van der Waals surface area contributed by atoms with E-state index in [2.05, 4.69) is 40.9 Å². The van der Waals surface area contributed by atoms with Gasteiger partial charge in [0.05, 0.1) is 22.6 Å². The number of H-pyrrole nitrogens is 2. The van der Waals surface area contributed by atoms with Gasteiger partial charge in [-0.15, -0.1) is 11.8 Å². The molecule has 0 amide bonds. The Morgan fingerprint density at radius 2 is 1.91 bits per heavy atom. The van der Waals surface area contributed by atoms with Crippen LogP contribution in [0.2, 0.25) is 0 Å². The van der Waals surface area contributed by atoms with Crippen molar-refractivity contribution >= 4 is 29.1 Å². The fourth-order valence-corrected chi connectivity index (χ4v) is 6.21. The molecule has 3 heterocycles. The zero-order chi connectivity index (χ0) is 32.7. The zero-order valence-corrected chi connectivity index (χ0v) is 26.6. The molecule has 45 heavy (non-hydrogen) atoms. The molecule has 1 aliphatic rings. The van der Waals surface area contributed by atoms with Crippen LogP contribution in [0.3, 0.4) is 0 Å². The van der Waals surface area contributed by atoms with Crippen molar-refractivity contribution < 1.29 is 32.5 Å². The summed E-state index contributed by atoms with van der Waals surface area (Å²) in [5, 5.41) is 7.39. The molecule has 238 valence electrons. The average molecular weight is 640 g/mol. The Kier molecular flexibility index (Phi) is 10.9. The fourth-order valence-electron chi connectivity index (χ4n) is 5.50. The number of aryl methyl sites for hydroxylation is 1. The van der Waals surface area contributed by atoms with Gasteiger partial charge in [0.25, 0.3) is 6.47 Å². The van der Waals surface area contributed by atoms with Gasteiger partial charge in [-0.1, -0.05) is 45.4 Å². The molecule has 0 spiro atoms. The summed E-state index contributed by atoms with van der Waals surface area (Å²) in [7, 11) is 0. The van der Waals surface area contributed by atoms with Gasteiger partial charge in [-0.25, -0.2) is 13.8 Å². The van der Waals surface area contributed by atoms with Crippen LogP contribution in [0.5, 0.6) is 17.2 Å². The minimum absolute atomic E-state index is 0.0714. The molecule has 0 radical (unpaired) electrons. The topological polar surface area (TPSA) is 100 Å². The Labute approximate surface area is 264 Å². The summed E-state index contributed by atoms with van der Waals surface area (Å²) < 4.78 is 56.8. The molecule has 7 nitrogen and oxygen atoms in total. The lowest BCUT2D eigenvalue weighted by molar-refractivity contribution is -0.122. The van der Waals surface area contributed by atoms with Gasteiger partial charge < -0.3 is 24.5 Å². The van der Waals surface area contributed by atoms with E-state index in [1.165, 1.54) is 35.5 Å². The van der Waals surface area contributed by atoms with E-state index in [1.54, 1.807) is 24.7 Å². The highest BCUT2D eigenvalue weighted by Gasteiger charge is 2.37. The quantitative estimate of drug-likeness (QED) is 0.121. The van der Waals surface area contributed by atoms with Crippen LogP contribution < -0.4 is 9.47 Å². The molecule has 0 saturated carbocycles. The molecule has 0 bridgehead atoms. The SMILES string of the molecule is CC.CCCc1cccc2c1OCC[C@]2(C)c1cnc(-c2cc(Oc3c(F)c(F)c4[nH]ccc4c3SC)ccc2F)[nH]1.O=CO. The predicted molar refractivity (Wildman–Crippen MR) is 171 cm³/mol. The number of hydrogen-bond acceptors (Lipinski definition) is 5. The predicted octanol–water partition coefficient (Wildman–Crippen LogP) is 9.26. The van der Waals surface area contributed by atoms with Gasteiger partial charge in [0.1, 0.15) is 23.1 Å². The van der Waals surface area contributed by atoms with E-state index in [-0.39, 0.29) is 29.1 Å². The van der Waals surface area contributed by atoms with Crippen LogP contribution in [-0.2, 0) is 16.6 Å². The lowest BCUT2D eigenvalue weighted by Crippen LogP contribution is -2.32. The maximum atomic E-state index is 15.1. The van der Waals surface area contributed by atoms with Crippen molar-refractivity contribution in [3.05, 3.63) is 89.1 Å². The van der Waals surface area contributed by atoms with Crippen molar-refractivity contribution in [2.75, 3.05) is 12.9 Å². The van der Waals surface area contributed by atoms with E-state index < -0.39 is 22.9 Å². The maximum absolute atomic E-state index is 15.1. The maximum Gasteiger partial charge on any atom is 0.290 e. The number of imidazole rings is 1. The van der Waals surface area contributed by atoms with Crippen molar-refractivity contribution in [2.24, 2.45) is 0 Å². The normalized spacial score (nSPS) is 15.2. The van der Waals surface area contributed by atoms with Crippen LogP contribution in [0.25, 0.3) is 22.3 Å². The number of nitrogens with zero attached hydrogens (tertiary/aromatic N) is 1. The molecular weight excluding hydrogens is 603 g/mol. The molecule has 0 fully saturated rings. The molecule has 6 rings (SSSR count).